The summed E-state index contributed by atoms with van der Waals surface area (Å²) in [4.78, 5) is 12.5. The summed E-state index contributed by atoms with van der Waals surface area (Å²) >= 11 is 0. The highest BCUT2D eigenvalue weighted by molar-refractivity contribution is 5.97. The molecule has 0 aliphatic rings. The molecule has 126 valence electrons. The molecule has 1 atom stereocenters. The Kier molecular flexibility index (Phi) is 6.59. The molecular formula is C18H26N2O3. The minimum atomic E-state index is -0.909. The first-order chi connectivity index (χ1) is 10.7. The second-order valence-corrected chi connectivity index (χ2v) is 6.48. The van der Waals surface area contributed by atoms with E-state index in [4.69, 9.17) is 9.47 Å². The number of methoxy groups -OCH3 is 1. The van der Waals surface area contributed by atoms with E-state index >= 15 is 0 Å². The number of carbonyl (C=O) groups excluding carboxylic acids is 1. The average molecular weight is 318 g/mol. The van der Waals surface area contributed by atoms with Gasteiger partial charge in [0.15, 0.2) is 0 Å². The van der Waals surface area contributed by atoms with Gasteiger partial charge in [-0.15, -0.1) is 0 Å². The smallest absolute Gasteiger partial charge is 0.256 e. The van der Waals surface area contributed by atoms with Gasteiger partial charge in [-0.1, -0.05) is 13.8 Å². The molecule has 0 bridgehead atoms. The zero-order chi connectivity index (χ0) is 17.6. The summed E-state index contributed by atoms with van der Waals surface area (Å²) in [5, 5.41) is 12.1. The van der Waals surface area contributed by atoms with Gasteiger partial charge in [0.2, 0.25) is 0 Å². The lowest BCUT2D eigenvalue weighted by atomic mass is 9.93. The zero-order valence-electron chi connectivity index (χ0n) is 14.8. The molecule has 1 aromatic rings. The van der Waals surface area contributed by atoms with Crippen LogP contribution in [0.25, 0.3) is 0 Å². The van der Waals surface area contributed by atoms with Crippen LogP contribution in [-0.4, -0.2) is 24.7 Å². The lowest BCUT2D eigenvalue weighted by molar-refractivity contribution is -0.137. The van der Waals surface area contributed by atoms with E-state index in [1.54, 1.807) is 25.1 Å². The molecule has 1 rings (SSSR count). The second-order valence-electron chi connectivity index (χ2n) is 6.48. The van der Waals surface area contributed by atoms with Gasteiger partial charge in [-0.25, -0.2) is 0 Å². The van der Waals surface area contributed by atoms with Gasteiger partial charge in [-0.05, 0) is 51.3 Å². The Balaban J connectivity index is 2.96. The van der Waals surface area contributed by atoms with Crippen LogP contribution in [0, 0.1) is 17.2 Å². The van der Waals surface area contributed by atoms with Crippen molar-refractivity contribution in [3.8, 4) is 11.8 Å². The number of nitrogens with zero attached hydrogens (tertiary/aromatic N) is 1. The first-order valence-corrected chi connectivity index (χ1v) is 7.79. The summed E-state index contributed by atoms with van der Waals surface area (Å²) in [5.41, 5.74) is 0.0304. The molecule has 0 radical (unpaired) electrons. The number of anilines is 1. The standard InChI is InChI=1S/C18H26N2O3/c1-12(2)10-18(5,22-6)17(21)20-15-7-8-16(23-13(3)4)14(9-15)11-19/h7-9,12-13H,10H2,1-6H3,(H,20,21)/t18-/m0/s1. The number of nitrogens with one attached hydrogen (secondary N) is 1. The van der Waals surface area contributed by atoms with E-state index in [1.165, 1.54) is 7.11 Å². The van der Waals surface area contributed by atoms with Crippen molar-refractivity contribution >= 4 is 11.6 Å². The molecule has 0 saturated carbocycles. The molecule has 0 aromatic heterocycles. The summed E-state index contributed by atoms with van der Waals surface area (Å²) in [7, 11) is 1.53. The van der Waals surface area contributed by atoms with Gasteiger partial charge in [0.25, 0.3) is 5.91 Å². The molecule has 1 aromatic carbocycles. The van der Waals surface area contributed by atoms with Crippen LogP contribution in [0.1, 0.15) is 46.6 Å². The van der Waals surface area contributed by atoms with Crippen LogP contribution in [0.4, 0.5) is 5.69 Å². The number of ether oxygens (including phenoxy) is 2. The number of benzene rings is 1. The lowest BCUT2D eigenvalue weighted by Crippen LogP contribution is -2.43. The molecule has 0 aliphatic carbocycles. The van der Waals surface area contributed by atoms with E-state index in [0.717, 1.165) is 0 Å². The third-order valence-corrected chi connectivity index (χ3v) is 3.45. The molecule has 0 fully saturated rings. The van der Waals surface area contributed by atoms with Crippen molar-refractivity contribution in [1.29, 1.82) is 5.26 Å². The third-order valence-electron chi connectivity index (χ3n) is 3.45. The minimum Gasteiger partial charge on any atom is -0.490 e. The highest BCUT2D eigenvalue weighted by atomic mass is 16.5. The van der Waals surface area contributed by atoms with E-state index in [1.807, 2.05) is 27.7 Å². The quantitative estimate of drug-likeness (QED) is 0.831. The van der Waals surface area contributed by atoms with E-state index in [0.29, 0.717) is 29.3 Å². The van der Waals surface area contributed by atoms with Crippen molar-refractivity contribution in [2.24, 2.45) is 5.92 Å². The maximum atomic E-state index is 12.5. The fraction of sp³-hybridized carbons (Fsp3) is 0.556. The van der Waals surface area contributed by atoms with Crippen LogP contribution in [0.2, 0.25) is 0 Å². The van der Waals surface area contributed by atoms with Gasteiger partial charge >= 0.3 is 0 Å². The summed E-state index contributed by atoms with van der Waals surface area (Å²) in [6.07, 6.45) is 0.583. The van der Waals surface area contributed by atoms with Crippen LogP contribution in [0.5, 0.6) is 5.75 Å². The zero-order valence-corrected chi connectivity index (χ0v) is 14.8. The first-order valence-electron chi connectivity index (χ1n) is 7.79. The maximum absolute atomic E-state index is 12.5. The Morgan fingerprint density at radius 1 is 1.35 bits per heavy atom. The molecule has 0 aliphatic heterocycles. The van der Waals surface area contributed by atoms with Crippen molar-refractivity contribution < 1.29 is 14.3 Å². The molecule has 1 amide bonds. The number of amides is 1. The summed E-state index contributed by atoms with van der Waals surface area (Å²) in [6, 6.07) is 7.12. The van der Waals surface area contributed by atoms with Crippen LogP contribution in [0.3, 0.4) is 0 Å². The Morgan fingerprint density at radius 2 is 2.00 bits per heavy atom. The molecule has 23 heavy (non-hydrogen) atoms. The highest BCUT2D eigenvalue weighted by Crippen LogP contribution is 2.26. The molecular weight excluding hydrogens is 292 g/mol. The van der Waals surface area contributed by atoms with Crippen molar-refractivity contribution in [3.05, 3.63) is 23.8 Å². The van der Waals surface area contributed by atoms with E-state index in [9.17, 15) is 10.1 Å². The van der Waals surface area contributed by atoms with Crippen molar-refractivity contribution in [1.82, 2.24) is 0 Å². The fourth-order valence-electron chi connectivity index (χ4n) is 2.36. The number of rotatable bonds is 7. The largest absolute Gasteiger partial charge is 0.490 e. The van der Waals surface area contributed by atoms with Crippen LogP contribution >= 0.6 is 0 Å². The average Bonchev–Trinajstić information content (AvgIpc) is 2.47. The number of nitriles is 1. The Hall–Kier alpha value is -2.06. The molecule has 5 heteroatoms. The van der Waals surface area contributed by atoms with Gasteiger partial charge < -0.3 is 14.8 Å². The van der Waals surface area contributed by atoms with Crippen LogP contribution in [0.15, 0.2) is 18.2 Å². The SMILES string of the molecule is CO[C@@](C)(CC(C)C)C(=O)Nc1ccc(OC(C)C)c(C#N)c1. The molecule has 5 nitrogen and oxygen atoms in total. The van der Waals surface area contributed by atoms with Crippen molar-refractivity contribution in [2.45, 2.75) is 52.7 Å². The Morgan fingerprint density at radius 3 is 2.48 bits per heavy atom. The number of hydrogen-bond donors (Lipinski definition) is 1. The van der Waals surface area contributed by atoms with E-state index in [-0.39, 0.29) is 12.0 Å². The fourth-order valence-corrected chi connectivity index (χ4v) is 2.36. The van der Waals surface area contributed by atoms with Crippen LogP contribution < -0.4 is 10.1 Å². The lowest BCUT2D eigenvalue weighted by Gasteiger charge is -2.28. The summed E-state index contributed by atoms with van der Waals surface area (Å²) in [5.74, 6) is 0.606. The van der Waals surface area contributed by atoms with Gasteiger partial charge in [0, 0.05) is 12.8 Å². The Labute approximate surface area is 138 Å². The minimum absolute atomic E-state index is 0.0228. The number of hydrogen-bond acceptors (Lipinski definition) is 4. The molecule has 0 saturated heterocycles. The number of carbonyl (C=O) groups is 1. The van der Waals surface area contributed by atoms with Gasteiger partial charge in [0.1, 0.15) is 17.4 Å². The Bertz CT molecular complexity index is 590. The normalized spacial score (nSPS) is 13.5. The topological polar surface area (TPSA) is 71.3 Å². The van der Waals surface area contributed by atoms with Gasteiger partial charge in [-0.3, -0.25) is 4.79 Å². The monoisotopic (exact) mass is 318 g/mol. The molecule has 0 spiro atoms. The van der Waals surface area contributed by atoms with Gasteiger partial charge in [0.05, 0.1) is 11.7 Å². The van der Waals surface area contributed by atoms with Crippen molar-refractivity contribution in [3.63, 3.8) is 0 Å². The van der Waals surface area contributed by atoms with Crippen LogP contribution in [-0.2, 0) is 9.53 Å². The third kappa shape index (κ3) is 5.26. The van der Waals surface area contributed by atoms with E-state index < -0.39 is 5.60 Å². The first kappa shape index (κ1) is 19.0. The molecule has 0 unspecified atom stereocenters. The maximum Gasteiger partial charge on any atom is 0.256 e. The van der Waals surface area contributed by atoms with E-state index in [2.05, 4.69) is 11.4 Å². The highest BCUT2D eigenvalue weighted by Gasteiger charge is 2.34. The second kappa shape index (κ2) is 7.98. The summed E-state index contributed by atoms with van der Waals surface area (Å²) in [6.45, 7) is 9.64. The van der Waals surface area contributed by atoms with Crippen molar-refractivity contribution in [2.75, 3.05) is 12.4 Å². The predicted octanol–water partition coefficient (Wildman–Crippen LogP) is 3.74. The summed E-state index contributed by atoms with van der Waals surface area (Å²) < 4.78 is 11.0. The predicted molar refractivity (Wildman–Crippen MR) is 90.4 cm³/mol. The van der Waals surface area contributed by atoms with Gasteiger partial charge in [-0.2, -0.15) is 5.26 Å². The molecule has 1 N–H and O–H groups in total. The molecule has 0 heterocycles.